The molecule has 11 rings (SSSR count). The monoisotopic (exact) mass is 1230 g/mol. The number of amides is 5. The molecule has 1 aliphatic carbocycles. The van der Waals surface area contributed by atoms with Crippen molar-refractivity contribution in [3.63, 3.8) is 0 Å². The van der Waals surface area contributed by atoms with Crippen LogP contribution in [0.5, 0.6) is 5.75 Å². The third-order valence-corrected chi connectivity index (χ3v) is 19.7. The summed E-state index contributed by atoms with van der Waals surface area (Å²) in [7, 11) is -4.55. The molecule has 5 amide bonds. The molecule has 4 aromatic heterocycles. The summed E-state index contributed by atoms with van der Waals surface area (Å²) in [6, 6.07) is 27.7. The number of thiazole rings is 2. The van der Waals surface area contributed by atoms with Gasteiger partial charge in [-0.2, -0.15) is 5.10 Å². The van der Waals surface area contributed by atoms with Crippen LogP contribution in [-0.4, -0.2) is 111 Å². The first-order chi connectivity index (χ1) is 41.8. The van der Waals surface area contributed by atoms with Gasteiger partial charge in [-0.1, -0.05) is 99.9 Å². The van der Waals surface area contributed by atoms with Gasteiger partial charge in [0.15, 0.2) is 11.7 Å². The van der Waals surface area contributed by atoms with Gasteiger partial charge >= 0.3 is 0 Å². The lowest BCUT2D eigenvalue weighted by molar-refractivity contribution is -0.144. The predicted molar refractivity (Wildman–Crippen MR) is 334 cm³/mol. The van der Waals surface area contributed by atoms with Gasteiger partial charge in [0.25, 0.3) is 27.7 Å². The zero-order chi connectivity index (χ0) is 61.1. The van der Waals surface area contributed by atoms with Crippen LogP contribution in [0.1, 0.15) is 108 Å². The van der Waals surface area contributed by atoms with Gasteiger partial charge in [0.2, 0.25) is 11.8 Å². The van der Waals surface area contributed by atoms with E-state index in [1.54, 1.807) is 62.0 Å². The van der Waals surface area contributed by atoms with Crippen molar-refractivity contribution >= 4 is 83.4 Å². The summed E-state index contributed by atoms with van der Waals surface area (Å²) in [5.74, 6) is -1.92. The highest BCUT2D eigenvalue weighted by atomic mass is 32.2. The molecular weight excluding hydrogens is 1160 g/mol. The van der Waals surface area contributed by atoms with Crippen molar-refractivity contribution in [3.8, 4) is 27.3 Å². The molecule has 3 atom stereocenters. The number of aryl methyl sites for hydroxylation is 1. The molecule has 1 saturated heterocycles. The maximum atomic E-state index is 14.6. The molecule has 4 aromatic carbocycles. The molecule has 20 nitrogen and oxygen atoms in total. The van der Waals surface area contributed by atoms with Crippen LogP contribution in [-0.2, 0) is 50.5 Å². The number of aliphatic hydroxyl groups excluding tert-OH is 1. The van der Waals surface area contributed by atoms with Gasteiger partial charge in [0, 0.05) is 61.5 Å². The SMILES string of the molecule is Cc1ncsc1-c1ccc(CNC(=O)[C@@H]2C[C@@H](O)CN2C(=O)[C@@H](NC(=O)COc2ccc(S(=O)(=O)NC(=O)c3nc(N4CCc5cccc(C(=O)Nc6nc7ccccc7s6)c5C4)ccc3-c3cnn(CC4CCCCC4)c3C)cc2)C(C)(C)C)cc1. The number of nitrogens with zero attached hydrogens (tertiary/aromatic N) is 7. The highest BCUT2D eigenvalue weighted by molar-refractivity contribution is 7.90. The third-order valence-electron chi connectivity index (χ3n) is 16.4. The molecule has 0 radical (unpaired) electrons. The average Bonchev–Trinajstić information content (AvgIpc) is 2.81. The number of pyridine rings is 1. The number of carbonyl (C=O) groups excluding carboxylic acids is 5. The van der Waals surface area contributed by atoms with Crippen molar-refractivity contribution in [1.29, 1.82) is 0 Å². The first kappa shape index (κ1) is 60.3. The number of nitrogens with one attached hydrogen (secondary N) is 4. The molecule has 8 aromatic rings. The molecule has 1 saturated carbocycles. The number of ether oxygens (including phenoxy) is 1. The van der Waals surface area contributed by atoms with Gasteiger partial charge in [-0.3, -0.25) is 34.0 Å². The number of aliphatic hydroxyl groups is 1. The van der Waals surface area contributed by atoms with Crippen molar-refractivity contribution < 1.29 is 42.2 Å². The van der Waals surface area contributed by atoms with Crippen molar-refractivity contribution in [2.24, 2.45) is 11.3 Å². The predicted octanol–water partition coefficient (Wildman–Crippen LogP) is 9.00. The van der Waals surface area contributed by atoms with Gasteiger partial charge in [-0.25, -0.2) is 28.1 Å². The van der Waals surface area contributed by atoms with Gasteiger partial charge in [0.1, 0.15) is 29.3 Å². The fourth-order valence-electron chi connectivity index (χ4n) is 11.7. The molecule has 452 valence electrons. The van der Waals surface area contributed by atoms with Gasteiger partial charge < -0.3 is 30.3 Å². The standard InChI is InChI=1S/C64H69N11O9S3/c1-38-57(85-37-66-38)43-20-18-40(19-21-43)31-65-60(79)52-30-44(76)34-74(52)62(81)58(64(3,4)5)70-55(77)36-84-45-22-24-46(25-23-45)87(82,83)72-61(80)56-47(49-32-67-75(39(49)2)33-41-12-7-6-8-13-41)26-27-54(69-56)73-29-28-42-14-11-15-48(50(42)35-73)59(78)71-63-68-51-16-9-10-17-53(51)86-63/h9-11,14-27,32,37,41,44,52,58,76H,6-8,12-13,28-31,33-36H2,1-5H3,(H,65,79)(H,70,77)(H,72,80)(H,68,71,78)/t44-,52+,58-/m1/s1. The minimum Gasteiger partial charge on any atom is -0.484 e. The zero-order valence-corrected chi connectivity index (χ0v) is 51.5. The number of para-hydroxylation sites is 1. The Bertz CT molecular complexity index is 3970. The lowest BCUT2D eigenvalue weighted by atomic mass is 9.85. The maximum Gasteiger partial charge on any atom is 0.284 e. The number of rotatable bonds is 18. The largest absolute Gasteiger partial charge is 0.484 e. The second-order valence-electron chi connectivity index (χ2n) is 23.6. The molecule has 87 heavy (non-hydrogen) atoms. The zero-order valence-electron chi connectivity index (χ0n) is 49.0. The van der Waals surface area contributed by atoms with E-state index in [4.69, 9.17) is 14.8 Å². The van der Waals surface area contributed by atoms with Crippen molar-refractivity contribution in [3.05, 3.63) is 154 Å². The highest BCUT2D eigenvalue weighted by Gasteiger charge is 2.44. The van der Waals surface area contributed by atoms with Crippen LogP contribution < -0.4 is 30.3 Å². The second kappa shape index (κ2) is 25.5. The Kier molecular flexibility index (Phi) is 17.7. The van der Waals surface area contributed by atoms with E-state index in [2.05, 4.69) is 30.6 Å². The number of likely N-dealkylation sites (tertiary alicyclic amines) is 1. The summed E-state index contributed by atoms with van der Waals surface area (Å²) in [6.07, 6.45) is 7.08. The summed E-state index contributed by atoms with van der Waals surface area (Å²) in [5, 5.41) is 24.6. The molecule has 2 aliphatic heterocycles. The van der Waals surface area contributed by atoms with Crippen LogP contribution in [0.4, 0.5) is 10.9 Å². The topological polar surface area (TPSA) is 260 Å². The number of hydrogen-bond donors (Lipinski definition) is 5. The molecule has 2 fully saturated rings. The molecule has 5 N–H and O–H groups in total. The fraction of sp³-hybridized carbons (Fsp3) is 0.359. The van der Waals surface area contributed by atoms with E-state index in [1.807, 2.05) is 84.1 Å². The van der Waals surface area contributed by atoms with E-state index < -0.39 is 63.9 Å². The van der Waals surface area contributed by atoms with Gasteiger partial charge in [0.05, 0.1) is 43.5 Å². The summed E-state index contributed by atoms with van der Waals surface area (Å²) < 4.78 is 39.3. The third kappa shape index (κ3) is 13.6. The number of anilines is 2. The Labute approximate surface area is 512 Å². The lowest BCUT2D eigenvalue weighted by Gasteiger charge is -2.35. The smallest absolute Gasteiger partial charge is 0.284 e. The van der Waals surface area contributed by atoms with E-state index in [-0.39, 0.29) is 48.3 Å². The highest BCUT2D eigenvalue weighted by Crippen LogP contribution is 2.35. The number of aromatic nitrogens is 5. The maximum absolute atomic E-state index is 14.6. The average molecular weight is 1230 g/mol. The normalized spacial score (nSPS) is 16.7. The molecule has 23 heteroatoms. The first-order valence-electron chi connectivity index (χ1n) is 29.2. The first-order valence-corrected chi connectivity index (χ1v) is 32.4. The fourth-order valence-corrected chi connectivity index (χ4v) is 14.3. The minimum absolute atomic E-state index is 0.0228. The minimum atomic E-state index is -4.55. The Morgan fingerprint density at radius 1 is 0.862 bits per heavy atom. The summed E-state index contributed by atoms with van der Waals surface area (Å²) in [5.41, 5.74) is 8.52. The quantitative estimate of drug-likeness (QED) is 0.0537. The molecular formula is C64H69N11O9S3. The summed E-state index contributed by atoms with van der Waals surface area (Å²) in [6.45, 7) is 10.2. The van der Waals surface area contributed by atoms with Crippen LogP contribution in [0, 0.1) is 25.2 Å². The van der Waals surface area contributed by atoms with E-state index in [0.29, 0.717) is 46.5 Å². The van der Waals surface area contributed by atoms with Crippen molar-refractivity contribution in [2.75, 3.05) is 29.9 Å². The molecule has 6 heterocycles. The summed E-state index contributed by atoms with van der Waals surface area (Å²) in [4.78, 5) is 87.9. The number of sulfonamides is 1. The molecule has 0 bridgehead atoms. The number of benzene rings is 4. The second-order valence-corrected chi connectivity index (χ2v) is 27.2. The molecule has 0 unspecified atom stereocenters. The van der Waals surface area contributed by atoms with Gasteiger partial charge in [-0.05, 0) is 121 Å². The van der Waals surface area contributed by atoms with Crippen molar-refractivity contribution in [2.45, 2.75) is 122 Å². The van der Waals surface area contributed by atoms with Gasteiger partial charge in [-0.15, -0.1) is 11.3 Å². The van der Waals surface area contributed by atoms with E-state index in [9.17, 15) is 37.5 Å². The van der Waals surface area contributed by atoms with Crippen LogP contribution in [0.2, 0.25) is 0 Å². The van der Waals surface area contributed by atoms with E-state index >= 15 is 0 Å². The van der Waals surface area contributed by atoms with Crippen LogP contribution in [0.3, 0.4) is 0 Å². The molecule has 0 spiro atoms. The van der Waals surface area contributed by atoms with E-state index in [1.165, 1.54) is 46.9 Å². The van der Waals surface area contributed by atoms with Crippen molar-refractivity contribution in [1.82, 2.24) is 45.0 Å². The Morgan fingerprint density at radius 2 is 1.63 bits per heavy atom. The Hall–Kier alpha value is -8.38. The summed E-state index contributed by atoms with van der Waals surface area (Å²) >= 11 is 2.94. The van der Waals surface area contributed by atoms with Crippen LogP contribution in [0.25, 0.3) is 31.8 Å². The van der Waals surface area contributed by atoms with Crippen LogP contribution >= 0.6 is 22.7 Å². The number of β-amino-alcohol motifs (C(OH)–C–C–N with tert-alkyl or cyclic N) is 1. The Balaban J connectivity index is 0.757. The van der Waals surface area contributed by atoms with Crippen LogP contribution in [0.15, 0.2) is 120 Å². The number of carbonyl (C=O) groups is 5. The Morgan fingerprint density at radius 3 is 2.37 bits per heavy atom. The lowest BCUT2D eigenvalue weighted by Crippen LogP contribution is -2.58. The number of fused-ring (bicyclic) bond motifs is 2. The molecule has 3 aliphatic rings. The number of hydrogen-bond acceptors (Lipinski definition) is 16. The van der Waals surface area contributed by atoms with E-state index in [0.717, 1.165) is 81.0 Å².